The Labute approximate surface area is 206 Å². The van der Waals surface area contributed by atoms with Crippen LogP contribution < -0.4 is 5.73 Å². The van der Waals surface area contributed by atoms with Crippen molar-refractivity contribution in [3.8, 4) is 0 Å². The lowest BCUT2D eigenvalue weighted by Crippen LogP contribution is -2.20. The maximum Gasteiger partial charge on any atom is 0.308 e. The molecule has 0 heterocycles. The molecule has 204 valence electrons. The van der Waals surface area contributed by atoms with Gasteiger partial charge < -0.3 is 43.6 Å². The lowest BCUT2D eigenvalue weighted by molar-refractivity contribution is -0.150. The van der Waals surface area contributed by atoms with Crippen molar-refractivity contribution < 1.29 is 42.7 Å². The van der Waals surface area contributed by atoms with Crippen molar-refractivity contribution >= 4 is 5.97 Å². The van der Waals surface area contributed by atoms with E-state index in [9.17, 15) is 4.79 Å². The molecule has 0 bridgehead atoms. The molecule has 0 radical (unpaired) electrons. The number of nitrogens with two attached hydrogens (primary N) is 1. The molecule has 0 amide bonds. The molecule has 2 N–H and O–H groups in total. The summed E-state index contributed by atoms with van der Waals surface area (Å²) in [6.07, 6.45) is 3.86. The van der Waals surface area contributed by atoms with Crippen LogP contribution in [0.5, 0.6) is 0 Å². The highest BCUT2D eigenvalue weighted by molar-refractivity contribution is 5.72. The first-order valence-corrected chi connectivity index (χ1v) is 12.7. The van der Waals surface area contributed by atoms with Gasteiger partial charge in [-0.3, -0.25) is 4.79 Å². The maximum absolute atomic E-state index is 12.0. The number of hydrogen-bond acceptors (Lipinski definition) is 10. The molecule has 1 atom stereocenters. The molecule has 0 fully saturated rings. The largest absolute Gasteiger partial charge is 0.463 e. The fraction of sp³-hybridized carbons (Fsp3) is 0.958. The van der Waals surface area contributed by atoms with Crippen LogP contribution in [0, 0.1) is 5.92 Å². The molecular weight excluding hydrogens is 446 g/mol. The van der Waals surface area contributed by atoms with Gasteiger partial charge in [0.1, 0.15) is 6.61 Å². The zero-order valence-electron chi connectivity index (χ0n) is 21.5. The Morgan fingerprint density at radius 3 is 1.26 bits per heavy atom. The molecule has 0 aromatic rings. The van der Waals surface area contributed by atoms with Crippen molar-refractivity contribution in [3.63, 3.8) is 0 Å². The van der Waals surface area contributed by atoms with Crippen molar-refractivity contribution in [2.75, 3.05) is 106 Å². The van der Waals surface area contributed by atoms with Crippen molar-refractivity contribution in [1.82, 2.24) is 0 Å². The van der Waals surface area contributed by atoms with E-state index in [0.29, 0.717) is 99.0 Å². The van der Waals surface area contributed by atoms with E-state index in [1.807, 2.05) is 6.92 Å². The first-order valence-electron chi connectivity index (χ1n) is 12.7. The van der Waals surface area contributed by atoms with Gasteiger partial charge in [-0.2, -0.15) is 0 Å². The maximum atomic E-state index is 12.0. The second kappa shape index (κ2) is 28.4. The fourth-order valence-corrected chi connectivity index (χ4v) is 2.76. The van der Waals surface area contributed by atoms with Crippen LogP contribution in [0.15, 0.2) is 0 Å². The van der Waals surface area contributed by atoms with Gasteiger partial charge in [-0.15, -0.1) is 0 Å². The average Bonchev–Trinajstić information content (AvgIpc) is 2.85. The lowest BCUT2D eigenvalue weighted by atomic mass is 10.00. The Kier molecular flexibility index (Phi) is 27.7. The molecule has 0 aliphatic rings. The third-order valence-electron chi connectivity index (χ3n) is 4.70. The number of carbonyl (C=O) groups is 1. The van der Waals surface area contributed by atoms with Crippen LogP contribution in [0.1, 0.15) is 39.5 Å². The Bertz CT molecular complexity index is 416. The van der Waals surface area contributed by atoms with Gasteiger partial charge in [0.25, 0.3) is 0 Å². The van der Waals surface area contributed by atoms with Gasteiger partial charge in [0, 0.05) is 6.54 Å². The summed E-state index contributed by atoms with van der Waals surface area (Å²) in [5.41, 5.74) is 5.32. The van der Waals surface area contributed by atoms with E-state index in [4.69, 9.17) is 43.6 Å². The first-order chi connectivity index (χ1) is 16.8. The van der Waals surface area contributed by atoms with Crippen molar-refractivity contribution in [1.29, 1.82) is 0 Å². The van der Waals surface area contributed by atoms with E-state index >= 15 is 0 Å². The van der Waals surface area contributed by atoms with Crippen LogP contribution in [0.3, 0.4) is 0 Å². The standard InChI is InChI=1S/C24H49NO9/c1-3-5-6-23(4-2)24(26)34-22-21-33-20-19-32-18-17-31-16-15-30-14-13-29-12-11-28-10-9-27-8-7-25/h23H,3-22,25H2,1-2H3. The number of esters is 1. The van der Waals surface area contributed by atoms with Gasteiger partial charge in [-0.05, 0) is 12.8 Å². The Hall–Kier alpha value is -0.850. The van der Waals surface area contributed by atoms with Crippen LogP contribution >= 0.6 is 0 Å². The fourth-order valence-electron chi connectivity index (χ4n) is 2.76. The van der Waals surface area contributed by atoms with Crippen LogP contribution in [-0.4, -0.2) is 112 Å². The Morgan fingerprint density at radius 1 is 0.588 bits per heavy atom. The Morgan fingerprint density at radius 2 is 0.941 bits per heavy atom. The summed E-state index contributed by atoms with van der Waals surface area (Å²) >= 11 is 0. The predicted molar refractivity (Wildman–Crippen MR) is 129 cm³/mol. The van der Waals surface area contributed by atoms with Gasteiger partial charge in [-0.25, -0.2) is 0 Å². The smallest absolute Gasteiger partial charge is 0.308 e. The second-order valence-electron chi connectivity index (χ2n) is 7.49. The SMILES string of the molecule is CCCCC(CC)C(=O)OCCOCCOCCOCCOCCOCCOCCOCCN. The molecule has 0 aromatic heterocycles. The average molecular weight is 496 g/mol. The summed E-state index contributed by atoms with van der Waals surface area (Å²) in [7, 11) is 0. The zero-order chi connectivity index (χ0) is 25.0. The number of hydrogen-bond donors (Lipinski definition) is 1. The molecule has 0 aromatic carbocycles. The third-order valence-corrected chi connectivity index (χ3v) is 4.70. The molecule has 0 rings (SSSR count). The lowest BCUT2D eigenvalue weighted by Gasteiger charge is -2.13. The molecule has 0 saturated heterocycles. The topological polar surface area (TPSA) is 117 Å². The minimum absolute atomic E-state index is 0.00474. The van der Waals surface area contributed by atoms with Crippen molar-refractivity contribution in [2.24, 2.45) is 11.7 Å². The van der Waals surface area contributed by atoms with E-state index in [-0.39, 0.29) is 18.5 Å². The monoisotopic (exact) mass is 495 g/mol. The molecule has 0 spiro atoms. The first kappa shape index (κ1) is 33.1. The summed E-state index contributed by atoms with van der Waals surface area (Å²) in [5.74, 6) is -0.111. The van der Waals surface area contributed by atoms with Gasteiger partial charge in [0.2, 0.25) is 0 Å². The third kappa shape index (κ3) is 24.3. The predicted octanol–water partition coefficient (Wildman–Crippen LogP) is 1.82. The number of unbranched alkanes of at least 4 members (excludes halogenated alkanes) is 1. The van der Waals surface area contributed by atoms with Crippen LogP contribution in [0.4, 0.5) is 0 Å². The molecule has 10 nitrogen and oxygen atoms in total. The van der Waals surface area contributed by atoms with Gasteiger partial charge >= 0.3 is 5.97 Å². The van der Waals surface area contributed by atoms with E-state index in [1.54, 1.807) is 0 Å². The van der Waals surface area contributed by atoms with Crippen LogP contribution in [-0.2, 0) is 42.7 Å². The van der Waals surface area contributed by atoms with Gasteiger partial charge in [-0.1, -0.05) is 26.7 Å². The van der Waals surface area contributed by atoms with E-state index < -0.39 is 0 Å². The number of ether oxygens (including phenoxy) is 8. The molecular formula is C24H49NO9. The molecule has 10 heteroatoms. The van der Waals surface area contributed by atoms with E-state index in [0.717, 1.165) is 25.7 Å². The number of carbonyl (C=O) groups excluding carboxylic acids is 1. The molecule has 0 aliphatic heterocycles. The van der Waals surface area contributed by atoms with Crippen molar-refractivity contribution in [2.45, 2.75) is 39.5 Å². The summed E-state index contributed by atoms with van der Waals surface area (Å²) in [6, 6.07) is 0. The zero-order valence-corrected chi connectivity index (χ0v) is 21.5. The van der Waals surface area contributed by atoms with E-state index in [1.165, 1.54) is 0 Å². The summed E-state index contributed by atoms with van der Waals surface area (Å²) in [5, 5.41) is 0. The minimum Gasteiger partial charge on any atom is -0.463 e. The normalized spacial score (nSPS) is 12.2. The summed E-state index contributed by atoms with van der Waals surface area (Å²) in [6.45, 7) is 12.0. The minimum atomic E-state index is -0.115. The number of rotatable bonds is 28. The summed E-state index contributed by atoms with van der Waals surface area (Å²) in [4.78, 5) is 12.0. The molecule has 1 unspecified atom stereocenters. The Balaban J connectivity index is 3.18. The highest BCUT2D eigenvalue weighted by atomic mass is 16.6. The van der Waals surface area contributed by atoms with Gasteiger partial charge in [0.15, 0.2) is 0 Å². The molecule has 34 heavy (non-hydrogen) atoms. The van der Waals surface area contributed by atoms with E-state index in [2.05, 4.69) is 6.92 Å². The quantitative estimate of drug-likeness (QED) is 0.127. The molecule has 0 aliphatic carbocycles. The van der Waals surface area contributed by atoms with Crippen molar-refractivity contribution in [3.05, 3.63) is 0 Å². The highest BCUT2D eigenvalue weighted by Gasteiger charge is 2.16. The summed E-state index contributed by atoms with van der Waals surface area (Å²) < 4.78 is 42.9. The highest BCUT2D eigenvalue weighted by Crippen LogP contribution is 2.14. The van der Waals surface area contributed by atoms with Crippen LogP contribution in [0.2, 0.25) is 0 Å². The van der Waals surface area contributed by atoms with Gasteiger partial charge in [0.05, 0.1) is 98.4 Å². The van der Waals surface area contributed by atoms with Crippen LogP contribution in [0.25, 0.3) is 0 Å². The molecule has 0 saturated carbocycles. The second-order valence-corrected chi connectivity index (χ2v) is 7.49.